The van der Waals surface area contributed by atoms with Gasteiger partial charge in [0.15, 0.2) is 0 Å². The van der Waals surface area contributed by atoms with Crippen molar-refractivity contribution in [3.05, 3.63) is 12.7 Å². The van der Waals surface area contributed by atoms with Gasteiger partial charge < -0.3 is 5.32 Å². The molecule has 0 bridgehead atoms. The quantitative estimate of drug-likeness (QED) is 0.475. The maximum Gasteiger partial charge on any atom is 0.0132 e. The predicted octanol–water partition coefficient (Wildman–Crippen LogP) is 2.44. The summed E-state index contributed by atoms with van der Waals surface area (Å²) in [6.07, 6.45) is 1.90. The second-order valence-corrected chi connectivity index (χ2v) is 4.06. The predicted molar refractivity (Wildman–Crippen MR) is 51.7 cm³/mol. The van der Waals surface area contributed by atoms with E-state index in [1.165, 1.54) is 0 Å². The maximum absolute atomic E-state index is 3.66. The van der Waals surface area contributed by atoms with E-state index in [0.29, 0.717) is 5.41 Å². The average Bonchev–Trinajstić information content (AvgIpc) is 1.88. The van der Waals surface area contributed by atoms with Crippen molar-refractivity contribution in [1.82, 2.24) is 5.32 Å². The van der Waals surface area contributed by atoms with Crippen molar-refractivity contribution in [2.45, 2.75) is 27.7 Å². The molecule has 0 atom stereocenters. The second kappa shape index (κ2) is 4.55. The fraction of sp³-hybridized carbons (Fsp3) is 0.800. The Bertz CT molecular complexity index is 114. The Morgan fingerprint density at radius 2 is 2.00 bits per heavy atom. The van der Waals surface area contributed by atoms with Gasteiger partial charge in [0, 0.05) is 13.1 Å². The summed E-state index contributed by atoms with van der Waals surface area (Å²) in [5.74, 6) is 0.722. The molecule has 1 heteroatoms. The highest BCUT2D eigenvalue weighted by Gasteiger charge is 2.20. The van der Waals surface area contributed by atoms with Crippen molar-refractivity contribution in [2.24, 2.45) is 11.3 Å². The van der Waals surface area contributed by atoms with Gasteiger partial charge >= 0.3 is 0 Å². The molecule has 0 saturated heterocycles. The van der Waals surface area contributed by atoms with Crippen molar-refractivity contribution in [3.8, 4) is 0 Å². The zero-order valence-electron chi connectivity index (χ0n) is 8.28. The van der Waals surface area contributed by atoms with E-state index in [-0.39, 0.29) is 0 Å². The molecule has 0 amide bonds. The highest BCUT2D eigenvalue weighted by atomic mass is 14.9. The van der Waals surface area contributed by atoms with Crippen molar-refractivity contribution in [1.29, 1.82) is 0 Å². The largest absolute Gasteiger partial charge is 0.313 e. The minimum absolute atomic E-state index is 0.392. The summed E-state index contributed by atoms with van der Waals surface area (Å²) in [4.78, 5) is 0. The van der Waals surface area contributed by atoms with Gasteiger partial charge in [0.05, 0.1) is 0 Å². The Kier molecular flexibility index (Phi) is 4.43. The van der Waals surface area contributed by atoms with Crippen LogP contribution in [0.1, 0.15) is 27.7 Å². The molecule has 0 radical (unpaired) electrons. The van der Waals surface area contributed by atoms with Crippen LogP contribution in [0.3, 0.4) is 0 Å². The van der Waals surface area contributed by atoms with Crippen LogP contribution in [0.5, 0.6) is 0 Å². The van der Waals surface area contributed by atoms with E-state index in [4.69, 9.17) is 0 Å². The Labute approximate surface area is 70.9 Å². The monoisotopic (exact) mass is 155 g/mol. The first-order valence-corrected chi connectivity index (χ1v) is 4.32. The van der Waals surface area contributed by atoms with Gasteiger partial charge in [-0.2, -0.15) is 0 Å². The third-order valence-electron chi connectivity index (χ3n) is 2.43. The maximum atomic E-state index is 3.66. The fourth-order valence-electron chi connectivity index (χ4n) is 0.701. The van der Waals surface area contributed by atoms with Gasteiger partial charge in [0.1, 0.15) is 0 Å². The van der Waals surface area contributed by atoms with E-state index >= 15 is 0 Å². The lowest BCUT2D eigenvalue weighted by atomic mass is 9.81. The standard InChI is InChI=1S/C10H21N/c1-6-7-11-8-10(4,5)9(2)3/h6,9,11H,1,7-8H2,2-5H3. The van der Waals surface area contributed by atoms with Crippen LogP contribution >= 0.6 is 0 Å². The zero-order chi connectivity index (χ0) is 8.91. The molecule has 0 aromatic heterocycles. The van der Waals surface area contributed by atoms with Crippen LogP contribution in [0.15, 0.2) is 12.7 Å². The molecular formula is C10H21N. The van der Waals surface area contributed by atoms with Crippen LogP contribution in [0.25, 0.3) is 0 Å². The molecule has 0 aliphatic carbocycles. The first-order chi connectivity index (χ1) is 5.00. The van der Waals surface area contributed by atoms with E-state index in [9.17, 15) is 0 Å². The molecule has 11 heavy (non-hydrogen) atoms. The molecule has 0 spiro atoms. The normalized spacial score (nSPS) is 12.1. The van der Waals surface area contributed by atoms with Crippen LogP contribution in [-0.2, 0) is 0 Å². The molecule has 0 aromatic rings. The number of nitrogens with one attached hydrogen (secondary N) is 1. The molecule has 0 fully saturated rings. The van der Waals surface area contributed by atoms with Gasteiger partial charge in [-0.25, -0.2) is 0 Å². The van der Waals surface area contributed by atoms with Crippen molar-refractivity contribution >= 4 is 0 Å². The molecular weight excluding hydrogens is 134 g/mol. The minimum Gasteiger partial charge on any atom is -0.313 e. The Morgan fingerprint density at radius 3 is 2.36 bits per heavy atom. The van der Waals surface area contributed by atoms with Gasteiger partial charge in [0.2, 0.25) is 0 Å². The molecule has 0 rings (SSSR count). The highest BCUT2D eigenvalue weighted by molar-refractivity contribution is 4.77. The number of hydrogen-bond acceptors (Lipinski definition) is 1. The molecule has 0 unspecified atom stereocenters. The summed E-state index contributed by atoms with van der Waals surface area (Å²) in [5, 5.41) is 3.34. The molecule has 1 nitrogen and oxygen atoms in total. The first kappa shape index (κ1) is 10.7. The minimum atomic E-state index is 0.392. The topological polar surface area (TPSA) is 12.0 Å². The zero-order valence-corrected chi connectivity index (χ0v) is 8.28. The molecule has 0 aliphatic heterocycles. The lowest BCUT2D eigenvalue weighted by Crippen LogP contribution is -2.33. The SMILES string of the molecule is C=CCNCC(C)(C)C(C)C. The summed E-state index contributed by atoms with van der Waals surface area (Å²) in [5.41, 5.74) is 0.392. The molecule has 0 aliphatic rings. The van der Waals surface area contributed by atoms with E-state index in [1.54, 1.807) is 0 Å². The van der Waals surface area contributed by atoms with Crippen molar-refractivity contribution < 1.29 is 0 Å². The second-order valence-electron chi connectivity index (χ2n) is 4.06. The lowest BCUT2D eigenvalue weighted by molar-refractivity contribution is 0.242. The van der Waals surface area contributed by atoms with Gasteiger partial charge in [-0.05, 0) is 11.3 Å². The van der Waals surface area contributed by atoms with Gasteiger partial charge in [-0.15, -0.1) is 6.58 Å². The molecule has 0 heterocycles. The van der Waals surface area contributed by atoms with Gasteiger partial charge in [0.25, 0.3) is 0 Å². The molecule has 66 valence electrons. The van der Waals surface area contributed by atoms with Gasteiger partial charge in [-0.1, -0.05) is 33.8 Å². The lowest BCUT2D eigenvalue weighted by Gasteiger charge is -2.29. The molecule has 0 aromatic carbocycles. The summed E-state index contributed by atoms with van der Waals surface area (Å²) in [6.45, 7) is 14.7. The van der Waals surface area contributed by atoms with Crippen LogP contribution in [0, 0.1) is 11.3 Å². The van der Waals surface area contributed by atoms with Crippen LogP contribution in [0.4, 0.5) is 0 Å². The highest BCUT2D eigenvalue weighted by Crippen LogP contribution is 2.24. The van der Waals surface area contributed by atoms with Crippen molar-refractivity contribution in [3.63, 3.8) is 0 Å². The van der Waals surface area contributed by atoms with Crippen molar-refractivity contribution in [2.75, 3.05) is 13.1 Å². The van der Waals surface area contributed by atoms with Crippen LogP contribution in [-0.4, -0.2) is 13.1 Å². The van der Waals surface area contributed by atoms with E-state index in [1.807, 2.05) is 6.08 Å². The third kappa shape index (κ3) is 4.20. The summed E-state index contributed by atoms with van der Waals surface area (Å²) in [7, 11) is 0. The molecule has 1 N–H and O–H groups in total. The van der Waals surface area contributed by atoms with E-state index in [2.05, 4.69) is 39.6 Å². The summed E-state index contributed by atoms with van der Waals surface area (Å²) >= 11 is 0. The number of hydrogen-bond donors (Lipinski definition) is 1. The Balaban J connectivity index is 3.63. The fourth-order valence-corrected chi connectivity index (χ4v) is 0.701. The van der Waals surface area contributed by atoms with Crippen LogP contribution < -0.4 is 5.32 Å². The summed E-state index contributed by atoms with van der Waals surface area (Å²) < 4.78 is 0. The Hall–Kier alpha value is -0.300. The first-order valence-electron chi connectivity index (χ1n) is 4.32. The van der Waals surface area contributed by atoms with Crippen LogP contribution in [0.2, 0.25) is 0 Å². The number of rotatable bonds is 5. The average molecular weight is 155 g/mol. The Morgan fingerprint density at radius 1 is 1.45 bits per heavy atom. The van der Waals surface area contributed by atoms with E-state index in [0.717, 1.165) is 19.0 Å². The summed E-state index contributed by atoms with van der Waals surface area (Å²) in [6, 6.07) is 0. The van der Waals surface area contributed by atoms with Gasteiger partial charge in [-0.3, -0.25) is 0 Å². The third-order valence-corrected chi connectivity index (χ3v) is 2.43. The van der Waals surface area contributed by atoms with E-state index < -0.39 is 0 Å². The smallest absolute Gasteiger partial charge is 0.0132 e. The molecule has 0 saturated carbocycles.